The molecule has 1 fully saturated rings. The van der Waals surface area contributed by atoms with Crippen LogP contribution in [0.4, 0.5) is 4.79 Å². The monoisotopic (exact) mass is 285 g/mol. The van der Waals surface area contributed by atoms with Gasteiger partial charge in [-0.25, -0.2) is 4.79 Å². The van der Waals surface area contributed by atoms with Crippen molar-refractivity contribution in [3.8, 4) is 0 Å². The molecule has 1 saturated carbocycles. The predicted octanol–water partition coefficient (Wildman–Crippen LogP) is 0.454. The molecule has 0 aliphatic heterocycles. The van der Waals surface area contributed by atoms with E-state index in [0.717, 1.165) is 6.42 Å². The van der Waals surface area contributed by atoms with Crippen LogP contribution in [0.25, 0.3) is 0 Å². The first-order chi connectivity index (χ1) is 9.19. The Balaban J connectivity index is 2.33. The van der Waals surface area contributed by atoms with Gasteiger partial charge in [0.15, 0.2) is 0 Å². The largest absolute Gasteiger partial charge is 0.481 e. The summed E-state index contributed by atoms with van der Waals surface area (Å²) >= 11 is 0. The summed E-state index contributed by atoms with van der Waals surface area (Å²) in [6, 6.07) is -0.870. The highest BCUT2D eigenvalue weighted by molar-refractivity contribution is 5.84. The number of carbonyl (C=O) groups excluding carboxylic acids is 2. The quantitative estimate of drug-likeness (QED) is 0.601. The molecule has 0 radical (unpaired) electrons. The van der Waals surface area contributed by atoms with Crippen LogP contribution < -0.4 is 16.0 Å². The molecule has 2 unspecified atom stereocenters. The fourth-order valence-corrected chi connectivity index (χ4v) is 2.27. The summed E-state index contributed by atoms with van der Waals surface area (Å²) in [5.74, 6) is -1.71. The van der Waals surface area contributed by atoms with Gasteiger partial charge in [-0.15, -0.1) is 0 Å². The zero-order valence-electron chi connectivity index (χ0n) is 12.2. The maximum atomic E-state index is 11.6. The van der Waals surface area contributed by atoms with Gasteiger partial charge < -0.3 is 21.1 Å². The van der Waals surface area contributed by atoms with Crippen LogP contribution in [0.5, 0.6) is 0 Å². The van der Waals surface area contributed by atoms with E-state index in [1.165, 1.54) is 0 Å². The molecule has 114 valence electrons. The van der Waals surface area contributed by atoms with Crippen LogP contribution in [0, 0.1) is 5.92 Å². The van der Waals surface area contributed by atoms with Crippen molar-refractivity contribution in [2.75, 3.05) is 6.54 Å². The Morgan fingerprint density at radius 1 is 1.20 bits per heavy atom. The van der Waals surface area contributed by atoms with Crippen molar-refractivity contribution in [2.45, 2.75) is 51.6 Å². The number of urea groups is 1. The summed E-state index contributed by atoms with van der Waals surface area (Å²) in [7, 11) is 0. The standard InChI is InChI=1S/C13H23N3O4/c1-13(2,3)16-10(17)7-14-12(20)15-9-6-4-5-8(9)11(18)19/h8-9H,4-7H2,1-3H3,(H,16,17)(H,18,19)(H2,14,15,20). The Labute approximate surface area is 118 Å². The minimum absolute atomic E-state index is 0.131. The van der Waals surface area contributed by atoms with Crippen LogP contribution in [-0.4, -0.2) is 41.1 Å². The molecular formula is C13H23N3O4. The van der Waals surface area contributed by atoms with Crippen molar-refractivity contribution >= 4 is 17.9 Å². The van der Waals surface area contributed by atoms with Crippen molar-refractivity contribution in [1.82, 2.24) is 16.0 Å². The molecule has 0 aromatic heterocycles. The molecule has 7 heteroatoms. The Morgan fingerprint density at radius 3 is 2.40 bits per heavy atom. The SMILES string of the molecule is CC(C)(C)NC(=O)CNC(=O)NC1CCCC1C(=O)O. The van der Waals surface area contributed by atoms with E-state index in [4.69, 9.17) is 5.11 Å². The molecule has 7 nitrogen and oxygen atoms in total. The number of amides is 3. The highest BCUT2D eigenvalue weighted by Gasteiger charge is 2.33. The third-order valence-corrected chi connectivity index (χ3v) is 3.07. The summed E-state index contributed by atoms with van der Waals surface area (Å²) in [6.07, 6.45) is 2.01. The lowest BCUT2D eigenvalue weighted by Gasteiger charge is -2.21. The number of nitrogens with one attached hydrogen (secondary N) is 3. The average Bonchev–Trinajstić information content (AvgIpc) is 2.72. The molecule has 0 bridgehead atoms. The van der Waals surface area contributed by atoms with Crippen LogP contribution in [0.3, 0.4) is 0 Å². The molecule has 1 rings (SSSR count). The van der Waals surface area contributed by atoms with Crippen molar-refractivity contribution < 1.29 is 19.5 Å². The normalized spacial score (nSPS) is 22.1. The number of hydrogen-bond donors (Lipinski definition) is 4. The lowest BCUT2D eigenvalue weighted by molar-refractivity contribution is -0.142. The highest BCUT2D eigenvalue weighted by atomic mass is 16.4. The molecule has 2 atom stereocenters. The first-order valence-corrected chi connectivity index (χ1v) is 6.77. The Morgan fingerprint density at radius 2 is 1.85 bits per heavy atom. The predicted molar refractivity (Wildman–Crippen MR) is 73.2 cm³/mol. The van der Waals surface area contributed by atoms with Gasteiger partial charge in [-0.1, -0.05) is 6.42 Å². The lowest BCUT2D eigenvalue weighted by Crippen LogP contribution is -2.50. The minimum atomic E-state index is -0.890. The van der Waals surface area contributed by atoms with Crippen molar-refractivity contribution in [3.05, 3.63) is 0 Å². The van der Waals surface area contributed by atoms with Gasteiger partial charge in [0.2, 0.25) is 5.91 Å². The summed E-state index contributed by atoms with van der Waals surface area (Å²) in [6.45, 7) is 5.41. The van der Waals surface area contributed by atoms with Gasteiger partial charge in [-0.2, -0.15) is 0 Å². The second kappa shape index (κ2) is 6.58. The number of carboxylic acid groups (broad SMARTS) is 1. The maximum Gasteiger partial charge on any atom is 0.315 e. The number of rotatable bonds is 4. The topological polar surface area (TPSA) is 108 Å². The number of carbonyl (C=O) groups is 3. The van der Waals surface area contributed by atoms with E-state index in [0.29, 0.717) is 12.8 Å². The molecule has 1 aliphatic rings. The molecule has 0 saturated heterocycles. The third-order valence-electron chi connectivity index (χ3n) is 3.07. The van der Waals surface area contributed by atoms with Crippen LogP contribution in [0.2, 0.25) is 0 Å². The second-order valence-corrected chi connectivity index (χ2v) is 6.11. The van der Waals surface area contributed by atoms with Gasteiger partial charge in [-0.3, -0.25) is 9.59 Å². The summed E-state index contributed by atoms with van der Waals surface area (Å²) in [5, 5.41) is 16.8. The first-order valence-electron chi connectivity index (χ1n) is 6.77. The van der Waals surface area contributed by atoms with E-state index in [1.807, 2.05) is 20.8 Å². The van der Waals surface area contributed by atoms with Gasteiger partial charge in [0.1, 0.15) is 0 Å². The van der Waals surface area contributed by atoms with E-state index in [1.54, 1.807) is 0 Å². The fraction of sp³-hybridized carbons (Fsp3) is 0.769. The van der Waals surface area contributed by atoms with Crippen molar-refractivity contribution in [1.29, 1.82) is 0 Å². The van der Waals surface area contributed by atoms with Gasteiger partial charge in [0.25, 0.3) is 0 Å². The van der Waals surface area contributed by atoms with Gasteiger partial charge in [-0.05, 0) is 33.6 Å². The lowest BCUT2D eigenvalue weighted by atomic mass is 10.0. The highest BCUT2D eigenvalue weighted by Crippen LogP contribution is 2.25. The number of carboxylic acids is 1. The Hall–Kier alpha value is -1.79. The third kappa shape index (κ3) is 5.46. The first kappa shape index (κ1) is 16.3. The molecule has 3 amide bonds. The molecule has 0 aromatic rings. The van der Waals surface area contributed by atoms with Gasteiger partial charge in [0.05, 0.1) is 12.5 Å². The second-order valence-electron chi connectivity index (χ2n) is 6.11. The van der Waals surface area contributed by atoms with Crippen molar-refractivity contribution in [2.24, 2.45) is 5.92 Å². The van der Waals surface area contributed by atoms with Crippen molar-refractivity contribution in [3.63, 3.8) is 0 Å². The van der Waals surface area contributed by atoms with Gasteiger partial charge in [0, 0.05) is 11.6 Å². The Bertz CT molecular complexity index is 390. The maximum absolute atomic E-state index is 11.6. The van der Waals surface area contributed by atoms with Crippen LogP contribution >= 0.6 is 0 Å². The molecule has 0 aromatic carbocycles. The fourth-order valence-electron chi connectivity index (χ4n) is 2.27. The number of aliphatic carboxylic acids is 1. The smallest absolute Gasteiger partial charge is 0.315 e. The molecule has 20 heavy (non-hydrogen) atoms. The van der Waals surface area contributed by atoms with E-state index in [-0.39, 0.29) is 24.0 Å². The summed E-state index contributed by atoms with van der Waals surface area (Å²) in [4.78, 5) is 34.1. The van der Waals surface area contributed by atoms with Gasteiger partial charge >= 0.3 is 12.0 Å². The van der Waals surface area contributed by atoms with Crippen LogP contribution in [0.1, 0.15) is 40.0 Å². The van der Waals surface area contributed by atoms with E-state index < -0.39 is 17.9 Å². The molecule has 0 heterocycles. The number of hydrogen-bond acceptors (Lipinski definition) is 3. The average molecular weight is 285 g/mol. The molecule has 1 aliphatic carbocycles. The van der Waals surface area contributed by atoms with Crippen LogP contribution in [-0.2, 0) is 9.59 Å². The molecule has 0 spiro atoms. The minimum Gasteiger partial charge on any atom is -0.481 e. The Kier molecular flexibility index (Phi) is 5.35. The molecular weight excluding hydrogens is 262 g/mol. The zero-order chi connectivity index (χ0) is 15.3. The summed E-state index contributed by atoms with van der Waals surface area (Å²) < 4.78 is 0. The van der Waals surface area contributed by atoms with Crippen LogP contribution in [0.15, 0.2) is 0 Å². The zero-order valence-corrected chi connectivity index (χ0v) is 12.2. The summed E-state index contributed by atoms with van der Waals surface area (Å²) in [5.41, 5.74) is -0.352. The van der Waals surface area contributed by atoms with E-state index in [9.17, 15) is 14.4 Å². The van der Waals surface area contributed by atoms with E-state index in [2.05, 4.69) is 16.0 Å². The van der Waals surface area contributed by atoms with E-state index >= 15 is 0 Å². The molecule has 4 N–H and O–H groups in total.